The first-order valence-corrected chi connectivity index (χ1v) is 14.3. The zero-order valence-electron chi connectivity index (χ0n) is 19.6. The molecule has 0 aliphatic heterocycles. The number of nitrogens with zero attached hydrogens (tertiary/aromatic N) is 3. The van der Waals surface area contributed by atoms with Crippen LogP contribution in [-0.4, -0.2) is 39.5 Å². The molecule has 1 N–H and O–H groups in total. The van der Waals surface area contributed by atoms with Crippen LogP contribution < -0.4 is 5.32 Å². The molecule has 0 bridgehead atoms. The predicted molar refractivity (Wildman–Crippen MR) is 143 cm³/mol. The highest BCUT2D eigenvalue weighted by molar-refractivity contribution is 7.99. The number of hydrogen-bond acceptors (Lipinski definition) is 8. The molecule has 3 aromatic heterocycles. The van der Waals surface area contributed by atoms with Gasteiger partial charge in [-0.3, -0.25) is 4.79 Å². The molecule has 0 spiro atoms. The van der Waals surface area contributed by atoms with Gasteiger partial charge < -0.3 is 14.6 Å². The van der Waals surface area contributed by atoms with Gasteiger partial charge in [-0.1, -0.05) is 36.4 Å². The smallest absolute Gasteiger partial charge is 0.341 e. The normalized spacial score (nSPS) is 13.4. The lowest BCUT2D eigenvalue weighted by molar-refractivity contribution is -0.113. The van der Waals surface area contributed by atoms with E-state index in [1.54, 1.807) is 11.3 Å². The van der Waals surface area contributed by atoms with Crippen molar-refractivity contribution in [2.75, 3.05) is 18.2 Å². The summed E-state index contributed by atoms with van der Waals surface area (Å²) in [5.74, 6) is 0.421. The number of aryl methyl sites for hydroxylation is 1. The second kappa shape index (κ2) is 10.5. The lowest BCUT2D eigenvalue weighted by Crippen LogP contribution is -2.16. The number of amides is 1. The summed E-state index contributed by atoms with van der Waals surface area (Å²) in [7, 11) is 1.39. The average Bonchev–Trinajstić information content (AvgIpc) is 3.52. The fraction of sp³-hybridized carbons (Fsp3) is 0.360. The second-order valence-corrected chi connectivity index (χ2v) is 11.3. The number of carbonyl (C=O) groups excluding carboxylic acids is 2. The topological polar surface area (TPSA) is 86.1 Å². The number of ether oxygens (including phenoxy) is 1. The Morgan fingerprint density at radius 2 is 2.00 bits per heavy atom. The summed E-state index contributed by atoms with van der Waals surface area (Å²) in [6, 6.07) is 8.25. The van der Waals surface area contributed by atoms with Gasteiger partial charge in [0.2, 0.25) is 5.91 Å². The summed E-state index contributed by atoms with van der Waals surface area (Å²) in [4.78, 5) is 26.6. The highest BCUT2D eigenvalue weighted by Crippen LogP contribution is 2.38. The van der Waals surface area contributed by atoms with Crippen molar-refractivity contribution in [3.05, 3.63) is 45.6 Å². The van der Waals surface area contributed by atoms with E-state index in [0.717, 1.165) is 54.4 Å². The Balaban J connectivity index is 1.33. The average molecular weight is 527 g/mol. The minimum atomic E-state index is -0.384. The number of methoxy groups -OCH3 is 1. The molecule has 4 aromatic rings. The molecule has 1 aliphatic rings. The van der Waals surface area contributed by atoms with E-state index >= 15 is 0 Å². The van der Waals surface area contributed by atoms with E-state index in [2.05, 4.69) is 33.0 Å². The molecule has 1 amide bonds. The summed E-state index contributed by atoms with van der Waals surface area (Å²) in [6.07, 6.45) is 5.09. The Bertz CT molecular complexity index is 1390. The standard InChI is InChI=1S/C25H26N4O3S3/c1-3-29-22(17-13-33-18-11-8-7-9-15(17)18)27-28-25(29)34-14-20(30)26-23-21(24(31)32-2)16-10-5-4-6-12-19(16)35-23/h7-9,11,13H,3-6,10,12,14H2,1-2H3,(H,26,30). The van der Waals surface area contributed by atoms with E-state index in [1.807, 2.05) is 23.6 Å². The zero-order chi connectivity index (χ0) is 24.4. The van der Waals surface area contributed by atoms with E-state index in [4.69, 9.17) is 4.74 Å². The Kier molecular flexibility index (Phi) is 7.22. The fourth-order valence-corrected chi connectivity index (χ4v) is 7.51. The quantitative estimate of drug-likeness (QED) is 0.180. The SMILES string of the molecule is CCn1c(SCC(=O)Nc2sc3c(c2C(=O)OC)CCCCC3)nnc1-c1csc2ccccc12. The third kappa shape index (κ3) is 4.74. The molecule has 182 valence electrons. The van der Waals surface area contributed by atoms with Gasteiger partial charge in [0.25, 0.3) is 0 Å². The molecule has 0 saturated carbocycles. The van der Waals surface area contributed by atoms with Crippen molar-refractivity contribution in [3.63, 3.8) is 0 Å². The molecule has 0 fully saturated rings. The fourth-order valence-electron chi connectivity index (χ4n) is 4.47. The number of aromatic nitrogens is 3. The van der Waals surface area contributed by atoms with Crippen molar-refractivity contribution < 1.29 is 14.3 Å². The maximum atomic E-state index is 12.9. The number of hydrogen-bond donors (Lipinski definition) is 1. The third-order valence-electron chi connectivity index (χ3n) is 6.15. The van der Waals surface area contributed by atoms with Crippen molar-refractivity contribution in [2.24, 2.45) is 0 Å². The molecular formula is C25H26N4O3S3. The largest absolute Gasteiger partial charge is 0.465 e. The van der Waals surface area contributed by atoms with E-state index in [9.17, 15) is 9.59 Å². The Labute approximate surface area is 215 Å². The minimum absolute atomic E-state index is 0.172. The first-order valence-electron chi connectivity index (χ1n) is 11.7. The molecule has 0 unspecified atom stereocenters. The Hall–Kier alpha value is -2.69. The Morgan fingerprint density at radius 3 is 2.83 bits per heavy atom. The van der Waals surface area contributed by atoms with E-state index in [1.165, 1.54) is 39.8 Å². The highest BCUT2D eigenvalue weighted by Gasteiger charge is 2.26. The summed E-state index contributed by atoms with van der Waals surface area (Å²) in [5.41, 5.74) is 2.62. The van der Waals surface area contributed by atoms with Crippen molar-refractivity contribution in [1.29, 1.82) is 0 Å². The Morgan fingerprint density at radius 1 is 1.17 bits per heavy atom. The van der Waals surface area contributed by atoms with Crippen LogP contribution in [0.3, 0.4) is 0 Å². The number of carbonyl (C=O) groups is 2. The number of esters is 1. The first kappa shape index (κ1) is 24.0. The van der Waals surface area contributed by atoms with Crippen LogP contribution >= 0.6 is 34.4 Å². The first-order chi connectivity index (χ1) is 17.1. The number of benzene rings is 1. The van der Waals surface area contributed by atoms with Crippen LogP contribution in [-0.2, 0) is 28.9 Å². The van der Waals surface area contributed by atoms with Crippen LogP contribution in [0.4, 0.5) is 5.00 Å². The van der Waals surface area contributed by atoms with Crippen LogP contribution in [0.25, 0.3) is 21.5 Å². The number of fused-ring (bicyclic) bond motifs is 2. The lowest BCUT2D eigenvalue weighted by atomic mass is 10.1. The van der Waals surface area contributed by atoms with Gasteiger partial charge in [-0.05, 0) is 44.2 Å². The molecule has 35 heavy (non-hydrogen) atoms. The van der Waals surface area contributed by atoms with Gasteiger partial charge in [-0.25, -0.2) is 4.79 Å². The molecule has 0 atom stereocenters. The van der Waals surface area contributed by atoms with Gasteiger partial charge >= 0.3 is 5.97 Å². The lowest BCUT2D eigenvalue weighted by Gasteiger charge is -2.08. The molecule has 1 aliphatic carbocycles. The summed E-state index contributed by atoms with van der Waals surface area (Å²) >= 11 is 4.54. The van der Waals surface area contributed by atoms with Crippen LogP contribution in [0.2, 0.25) is 0 Å². The van der Waals surface area contributed by atoms with Crippen molar-refractivity contribution in [2.45, 2.75) is 50.7 Å². The molecular weight excluding hydrogens is 501 g/mol. The molecule has 7 nitrogen and oxygen atoms in total. The maximum absolute atomic E-state index is 12.9. The number of anilines is 1. The number of thioether (sulfide) groups is 1. The molecule has 3 heterocycles. The van der Waals surface area contributed by atoms with Crippen LogP contribution in [0.15, 0.2) is 34.8 Å². The summed E-state index contributed by atoms with van der Waals surface area (Å²) in [5, 5.41) is 16.4. The second-order valence-electron chi connectivity index (χ2n) is 8.29. The van der Waals surface area contributed by atoms with Crippen molar-refractivity contribution in [1.82, 2.24) is 14.8 Å². The van der Waals surface area contributed by atoms with Crippen molar-refractivity contribution in [3.8, 4) is 11.4 Å². The van der Waals surface area contributed by atoms with Gasteiger partial charge in [-0.2, -0.15) is 0 Å². The van der Waals surface area contributed by atoms with Gasteiger partial charge in [0.15, 0.2) is 11.0 Å². The zero-order valence-corrected chi connectivity index (χ0v) is 22.1. The van der Waals surface area contributed by atoms with Gasteiger partial charge in [0.05, 0.1) is 18.4 Å². The monoisotopic (exact) mass is 526 g/mol. The molecule has 1 aromatic carbocycles. The van der Waals surface area contributed by atoms with Crippen LogP contribution in [0.1, 0.15) is 47.0 Å². The molecule has 0 radical (unpaired) electrons. The molecule has 10 heteroatoms. The number of nitrogens with one attached hydrogen (secondary N) is 1. The molecule has 5 rings (SSSR count). The van der Waals surface area contributed by atoms with Crippen LogP contribution in [0, 0.1) is 0 Å². The van der Waals surface area contributed by atoms with E-state index < -0.39 is 0 Å². The van der Waals surface area contributed by atoms with Gasteiger partial charge in [-0.15, -0.1) is 32.9 Å². The minimum Gasteiger partial charge on any atom is -0.465 e. The molecule has 0 saturated heterocycles. The van der Waals surface area contributed by atoms with Gasteiger partial charge in [0, 0.05) is 32.5 Å². The summed E-state index contributed by atoms with van der Waals surface area (Å²) < 4.78 is 8.29. The van der Waals surface area contributed by atoms with E-state index in [0.29, 0.717) is 22.3 Å². The van der Waals surface area contributed by atoms with Crippen molar-refractivity contribution >= 4 is 61.4 Å². The van der Waals surface area contributed by atoms with E-state index in [-0.39, 0.29) is 17.6 Å². The highest BCUT2D eigenvalue weighted by atomic mass is 32.2. The third-order valence-corrected chi connectivity index (χ3v) is 9.29. The maximum Gasteiger partial charge on any atom is 0.341 e. The van der Waals surface area contributed by atoms with Gasteiger partial charge in [0.1, 0.15) is 5.00 Å². The van der Waals surface area contributed by atoms with Crippen LogP contribution in [0.5, 0.6) is 0 Å². The number of thiophene rings is 2. The number of rotatable bonds is 7. The predicted octanol–water partition coefficient (Wildman–Crippen LogP) is 6.03. The summed E-state index contributed by atoms with van der Waals surface area (Å²) in [6.45, 7) is 2.74.